The molecule has 6 heteroatoms. The highest BCUT2D eigenvalue weighted by Crippen LogP contribution is 2.52. The highest BCUT2D eigenvalue weighted by atomic mass is 16.3. The molecule has 0 saturated heterocycles. The number of aliphatic hydroxyl groups is 2. The third-order valence-corrected chi connectivity index (χ3v) is 7.30. The molecule has 0 spiro atoms. The minimum absolute atomic E-state index is 0.0318. The predicted octanol–water partition coefficient (Wildman–Crippen LogP) is 4.00. The molecule has 168 valence electrons. The maximum absolute atomic E-state index is 13.5. The summed E-state index contributed by atoms with van der Waals surface area (Å²) < 4.78 is 0. The molecule has 1 aromatic carbocycles. The Morgan fingerprint density at radius 3 is 2.50 bits per heavy atom. The second-order valence-corrected chi connectivity index (χ2v) is 9.31. The van der Waals surface area contributed by atoms with Crippen LogP contribution < -0.4 is 0 Å². The number of carbonyl (C=O) groups is 3. The van der Waals surface area contributed by atoms with Crippen LogP contribution in [0.5, 0.6) is 5.75 Å². The molecule has 0 amide bonds. The first kappa shape index (κ1) is 22.2. The van der Waals surface area contributed by atoms with E-state index in [1.54, 1.807) is 13.0 Å². The normalized spacial score (nSPS) is 27.8. The van der Waals surface area contributed by atoms with E-state index in [-0.39, 0.29) is 28.9 Å². The van der Waals surface area contributed by atoms with Crippen LogP contribution in [-0.2, 0) is 16.0 Å². The molecule has 4 rings (SSSR count). The summed E-state index contributed by atoms with van der Waals surface area (Å²) in [5.41, 5.74) is 0.945. The number of carbonyl (C=O) groups excluding carboxylic acids is 3. The Bertz CT molecular complexity index is 1170. The lowest BCUT2D eigenvalue weighted by Crippen LogP contribution is -2.56. The monoisotopic (exact) mass is 436 g/mol. The van der Waals surface area contributed by atoms with Crippen LogP contribution in [0.3, 0.4) is 0 Å². The first-order valence-electron chi connectivity index (χ1n) is 11.0. The van der Waals surface area contributed by atoms with Gasteiger partial charge in [0.15, 0.2) is 17.2 Å². The molecule has 3 unspecified atom stereocenters. The maximum atomic E-state index is 13.5. The molecule has 0 aromatic heterocycles. The smallest absolute Gasteiger partial charge is 0.205 e. The van der Waals surface area contributed by atoms with Crippen LogP contribution in [0.15, 0.2) is 40.2 Å². The van der Waals surface area contributed by atoms with Crippen LogP contribution in [0.2, 0.25) is 0 Å². The third-order valence-electron chi connectivity index (χ3n) is 7.30. The maximum Gasteiger partial charge on any atom is 0.205 e. The molecule has 3 N–H and O–H groups in total. The van der Waals surface area contributed by atoms with Gasteiger partial charge in [0, 0.05) is 11.5 Å². The van der Waals surface area contributed by atoms with Crippen molar-refractivity contribution in [2.75, 3.05) is 0 Å². The van der Waals surface area contributed by atoms with Gasteiger partial charge in [-0.05, 0) is 69.6 Å². The van der Waals surface area contributed by atoms with Gasteiger partial charge in [-0.3, -0.25) is 14.4 Å². The van der Waals surface area contributed by atoms with Gasteiger partial charge in [-0.2, -0.15) is 0 Å². The number of phenolic OH excluding ortho intramolecular Hbond substituents is 1. The van der Waals surface area contributed by atoms with Gasteiger partial charge in [-0.15, -0.1) is 0 Å². The third kappa shape index (κ3) is 3.00. The standard InChI is InChI=1S/C26H28O6/c1-5-12(2)8-15-6-7-19(28)22-18(15)11-16-10-17-9-13(3)20(14(4)27)24(30)26(17,32)25(31)21(16)23(22)29/h6-8,16-17,28,31-32H,5,9-11H2,1-4H3/b12-8+. The summed E-state index contributed by atoms with van der Waals surface area (Å²) in [6.07, 6.45) is 3.85. The fraction of sp³-hybridized carbons (Fsp3) is 0.423. The van der Waals surface area contributed by atoms with E-state index < -0.39 is 40.5 Å². The number of aliphatic hydroxyl groups excluding tert-OH is 1. The second-order valence-electron chi connectivity index (χ2n) is 9.31. The molecule has 0 radical (unpaired) electrons. The second kappa shape index (κ2) is 7.55. The molecule has 0 aliphatic heterocycles. The number of allylic oxidation sites excluding steroid dienone is 3. The van der Waals surface area contributed by atoms with Crippen LogP contribution in [-0.4, -0.2) is 38.3 Å². The topological polar surface area (TPSA) is 112 Å². The molecule has 3 aliphatic carbocycles. The van der Waals surface area contributed by atoms with Gasteiger partial charge in [0.1, 0.15) is 11.5 Å². The summed E-state index contributed by atoms with van der Waals surface area (Å²) in [5, 5.41) is 33.0. The van der Waals surface area contributed by atoms with Crippen molar-refractivity contribution in [3.05, 3.63) is 56.9 Å². The lowest BCUT2D eigenvalue weighted by Gasteiger charge is -2.46. The molecule has 3 aliphatic rings. The summed E-state index contributed by atoms with van der Waals surface area (Å²) in [6, 6.07) is 3.24. The van der Waals surface area contributed by atoms with Crippen molar-refractivity contribution in [1.82, 2.24) is 0 Å². The van der Waals surface area contributed by atoms with E-state index in [9.17, 15) is 29.7 Å². The van der Waals surface area contributed by atoms with Gasteiger partial charge in [0.05, 0.1) is 11.1 Å². The summed E-state index contributed by atoms with van der Waals surface area (Å²) in [7, 11) is 0. The quantitative estimate of drug-likeness (QED) is 0.618. The van der Waals surface area contributed by atoms with E-state index in [4.69, 9.17) is 0 Å². The highest BCUT2D eigenvalue weighted by Gasteiger charge is 2.58. The number of phenols is 1. The van der Waals surface area contributed by atoms with Crippen LogP contribution in [0, 0.1) is 11.8 Å². The van der Waals surface area contributed by atoms with E-state index in [1.165, 1.54) is 13.0 Å². The number of hydrogen-bond acceptors (Lipinski definition) is 6. The number of rotatable bonds is 3. The van der Waals surface area contributed by atoms with Crippen molar-refractivity contribution in [3.8, 4) is 5.75 Å². The molecule has 3 atom stereocenters. The molecular formula is C26H28O6. The Kier molecular flexibility index (Phi) is 5.24. The van der Waals surface area contributed by atoms with Crippen molar-refractivity contribution in [3.63, 3.8) is 0 Å². The van der Waals surface area contributed by atoms with E-state index in [1.807, 2.05) is 19.9 Å². The zero-order valence-electron chi connectivity index (χ0n) is 18.8. The van der Waals surface area contributed by atoms with Crippen LogP contribution in [0.25, 0.3) is 6.08 Å². The van der Waals surface area contributed by atoms with Crippen molar-refractivity contribution >= 4 is 23.4 Å². The summed E-state index contributed by atoms with van der Waals surface area (Å²) >= 11 is 0. The highest BCUT2D eigenvalue weighted by molar-refractivity contribution is 6.25. The van der Waals surface area contributed by atoms with Crippen molar-refractivity contribution in [2.24, 2.45) is 11.8 Å². The van der Waals surface area contributed by atoms with E-state index >= 15 is 0 Å². The number of Topliss-reactive ketones (excluding diaryl/α,β-unsaturated/α-hetero) is 3. The van der Waals surface area contributed by atoms with Gasteiger partial charge < -0.3 is 15.3 Å². The number of hydrogen-bond donors (Lipinski definition) is 3. The zero-order valence-corrected chi connectivity index (χ0v) is 18.8. The Balaban J connectivity index is 1.90. The SMILES string of the molecule is CC/C(C)=C/c1ccc(O)c2c1CC1CC3CC(C)=C(C(C)=O)C(=O)C3(O)C(O)=C1C2=O. The van der Waals surface area contributed by atoms with Crippen molar-refractivity contribution < 1.29 is 29.7 Å². The molecular weight excluding hydrogens is 408 g/mol. The average molecular weight is 437 g/mol. The van der Waals surface area contributed by atoms with Crippen molar-refractivity contribution in [2.45, 2.75) is 59.0 Å². The van der Waals surface area contributed by atoms with Gasteiger partial charge in [0.2, 0.25) is 5.78 Å². The first-order valence-corrected chi connectivity index (χ1v) is 11.0. The summed E-state index contributed by atoms with van der Waals surface area (Å²) in [6.45, 7) is 6.98. The summed E-state index contributed by atoms with van der Waals surface area (Å²) in [5.74, 6) is -3.79. The van der Waals surface area contributed by atoms with Crippen LogP contribution >= 0.6 is 0 Å². The Morgan fingerprint density at radius 1 is 1.19 bits per heavy atom. The minimum Gasteiger partial charge on any atom is -0.508 e. The van der Waals surface area contributed by atoms with Gasteiger partial charge in [-0.1, -0.05) is 30.2 Å². The molecule has 0 bridgehead atoms. The number of benzene rings is 1. The lowest BCUT2D eigenvalue weighted by molar-refractivity contribution is -0.143. The molecule has 0 heterocycles. The van der Waals surface area contributed by atoms with Gasteiger partial charge in [-0.25, -0.2) is 0 Å². The average Bonchev–Trinajstić information content (AvgIpc) is 2.72. The molecule has 0 fully saturated rings. The largest absolute Gasteiger partial charge is 0.508 e. The lowest BCUT2D eigenvalue weighted by atomic mass is 9.59. The fourth-order valence-electron chi connectivity index (χ4n) is 5.55. The number of ketones is 3. The Morgan fingerprint density at radius 2 is 1.88 bits per heavy atom. The minimum atomic E-state index is -2.30. The van der Waals surface area contributed by atoms with Crippen molar-refractivity contribution in [1.29, 1.82) is 0 Å². The van der Waals surface area contributed by atoms with Gasteiger partial charge >= 0.3 is 0 Å². The zero-order chi connectivity index (χ0) is 23.5. The Hall–Kier alpha value is -2.99. The van der Waals surface area contributed by atoms with Crippen LogP contribution in [0.4, 0.5) is 0 Å². The number of fused-ring (bicyclic) bond motifs is 3. The first-order chi connectivity index (χ1) is 15.0. The number of aromatic hydroxyl groups is 1. The van der Waals surface area contributed by atoms with E-state index in [0.717, 1.165) is 17.6 Å². The molecule has 32 heavy (non-hydrogen) atoms. The summed E-state index contributed by atoms with van der Waals surface area (Å²) in [4.78, 5) is 38.7. The predicted molar refractivity (Wildman–Crippen MR) is 119 cm³/mol. The molecule has 6 nitrogen and oxygen atoms in total. The van der Waals surface area contributed by atoms with E-state index in [2.05, 4.69) is 0 Å². The fourth-order valence-corrected chi connectivity index (χ4v) is 5.55. The Labute approximate surface area is 187 Å². The van der Waals surface area contributed by atoms with Gasteiger partial charge in [0.25, 0.3) is 0 Å². The van der Waals surface area contributed by atoms with Crippen LogP contribution in [0.1, 0.15) is 68.4 Å². The van der Waals surface area contributed by atoms with E-state index in [0.29, 0.717) is 24.0 Å². The molecule has 1 aromatic rings. The molecule has 0 saturated carbocycles.